The van der Waals surface area contributed by atoms with Gasteiger partial charge >= 0.3 is 18.2 Å². The van der Waals surface area contributed by atoms with E-state index in [1.807, 2.05) is 13.8 Å². The molecule has 0 aliphatic carbocycles. The summed E-state index contributed by atoms with van der Waals surface area (Å²) in [5.41, 5.74) is 0.492. The van der Waals surface area contributed by atoms with Gasteiger partial charge in [-0.1, -0.05) is 44.2 Å². The summed E-state index contributed by atoms with van der Waals surface area (Å²) < 4.78 is 69.3. The van der Waals surface area contributed by atoms with E-state index >= 15 is 8.78 Å². The van der Waals surface area contributed by atoms with Gasteiger partial charge in [-0.25, -0.2) is 28.3 Å². The van der Waals surface area contributed by atoms with Gasteiger partial charge in [0.2, 0.25) is 5.95 Å². The number of nitrogens with one attached hydrogen (secondary N) is 1. The largest absolute Gasteiger partial charge is 0.493 e. The fourth-order valence-electron chi connectivity index (χ4n) is 4.35. The predicted octanol–water partition coefficient (Wildman–Crippen LogP) is 5.58. The molecule has 14 heteroatoms. The van der Waals surface area contributed by atoms with Crippen LogP contribution in [0.15, 0.2) is 42.5 Å². The van der Waals surface area contributed by atoms with E-state index in [0.29, 0.717) is 29.1 Å². The second-order valence-corrected chi connectivity index (χ2v) is 9.07. The van der Waals surface area contributed by atoms with Crippen LogP contribution in [0.2, 0.25) is 0 Å². The molecular formula is C27H27F5N6O3. The van der Waals surface area contributed by atoms with Gasteiger partial charge in [-0.15, -0.1) is 5.06 Å². The van der Waals surface area contributed by atoms with E-state index in [1.54, 1.807) is 31.2 Å². The van der Waals surface area contributed by atoms with Gasteiger partial charge in [-0.2, -0.15) is 18.2 Å². The molecule has 1 aliphatic rings. The number of benzene rings is 2. The molecule has 0 saturated carbocycles. The Balaban J connectivity index is 1.92. The molecule has 41 heavy (non-hydrogen) atoms. The monoisotopic (exact) mass is 578 g/mol. The first-order chi connectivity index (χ1) is 19.5. The van der Waals surface area contributed by atoms with E-state index in [4.69, 9.17) is 0 Å². The molecule has 0 saturated heterocycles. The Kier molecular flexibility index (Phi) is 8.71. The third kappa shape index (κ3) is 6.21. The molecule has 3 aromatic rings. The van der Waals surface area contributed by atoms with Gasteiger partial charge in [-0.05, 0) is 37.7 Å². The van der Waals surface area contributed by atoms with Crippen molar-refractivity contribution in [1.29, 1.82) is 0 Å². The Hall–Kier alpha value is -4.33. The number of anilines is 3. The first-order valence-electron chi connectivity index (χ1n) is 12.7. The van der Waals surface area contributed by atoms with Crippen molar-refractivity contribution in [2.45, 2.75) is 33.5 Å². The van der Waals surface area contributed by atoms with E-state index in [1.165, 1.54) is 0 Å². The Labute approximate surface area is 232 Å². The van der Waals surface area contributed by atoms with Crippen LogP contribution in [0.4, 0.5) is 44.2 Å². The molecule has 9 nitrogen and oxygen atoms in total. The predicted molar refractivity (Wildman–Crippen MR) is 140 cm³/mol. The third-order valence-corrected chi connectivity index (χ3v) is 6.49. The molecule has 1 aliphatic heterocycles. The lowest BCUT2D eigenvalue weighted by Crippen LogP contribution is -2.48. The molecule has 1 N–H and O–H groups in total. The molecule has 0 unspecified atom stereocenters. The number of halogens is 5. The van der Waals surface area contributed by atoms with Crippen molar-refractivity contribution >= 4 is 29.5 Å². The van der Waals surface area contributed by atoms with Crippen molar-refractivity contribution in [3.63, 3.8) is 0 Å². The van der Waals surface area contributed by atoms with E-state index in [-0.39, 0.29) is 28.1 Å². The van der Waals surface area contributed by atoms with Crippen LogP contribution >= 0.6 is 0 Å². The van der Waals surface area contributed by atoms with Crippen molar-refractivity contribution in [2.24, 2.45) is 0 Å². The van der Waals surface area contributed by atoms with Crippen molar-refractivity contribution < 1.29 is 36.4 Å². The molecule has 0 bridgehead atoms. The van der Waals surface area contributed by atoms with Crippen LogP contribution in [0.1, 0.15) is 25.0 Å². The zero-order chi connectivity index (χ0) is 29.9. The molecule has 4 rings (SSSR count). The molecular weight excluding hydrogens is 551 g/mol. The number of carbonyl (C=O) groups excluding carboxylic acids is 2. The lowest BCUT2D eigenvalue weighted by molar-refractivity contribution is -0.229. The lowest BCUT2D eigenvalue weighted by atomic mass is 10.00. The summed E-state index contributed by atoms with van der Waals surface area (Å²) >= 11 is 0. The first-order valence-corrected chi connectivity index (χ1v) is 12.7. The molecule has 0 spiro atoms. The molecule has 2 heterocycles. The number of fused-ring (bicyclic) bond motifs is 1. The van der Waals surface area contributed by atoms with Crippen molar-refractivity contribution in [2.75, 3.05) is 36.4 Å². The van der Waals surface area contributed by atoms with Gasteiger partial charge in [0.1, 0.15) is 17.3 Å². The number of aromatic nitrogens is 2. The summed E-state index contributed by atoms with van der Waals surface area (Å²) in [6, 6.07) is 8.27. The molecule has 0 radical (unpaired) electrons. The fourth-order valence-corrected chi connectivity index (χ4v) is 4.35. The highest BCUT2D eigenvalue weighted by molar-refractivity contribution is 6.02. The highest BCUT2D eigenvalue weighted by Crippen LogP contribution is 2.41. The van der Waals surface area contributed by atoms with Crippen LogP contribution in [0.3, 0.4) is 0 Å². The van der Waals surface area contributed by atoms with Gasteiger partial charge in [0, 0.05) is 24.2 Å². The van der Waals surface area contributed by atoms with Crippen LogP contribution in [0.25, 0.3) is 11.3 Å². The highest BCUT2D eigenvalue weighted by atomic mass is 19.4. The summed E-state index contributed by atoms with van der Waals surface area (Å²) in [7, 11) is 0. The number of amides is 2. The van der Waals surface area contributed by atoms with Gasteiger partial charge in [0.15, 0.2) is 5.82 Å². The molecule has 0 atom stereocenters. The zero-order valence-corrected chi connectivity index (χ0v) is 22.4. The van der Waals surface area contributed by atoms with Crippen LogP contribution in [0.5, 0.6) is 0 Å². The van der Waals surface area contributed by atoms with Crippen LogP contribution < -0.4 is 10.2 Å². The van der Waals surface area contributed by atoms with Crippen LogP contribution in [-0.2, 0) is 16.2 Å². The summed E-state index contributed by atoms with van der Waals surface area (Å²) in [5.74, 6) is -5.33. The standard InChI is InChI=1S/C27H27F5N6O3/c1-4-36(5-2)14-13-33-25-34-21(17-10-7-6-9-16(17)3)18-15-37(41-24(39)27(30,31)32)26(40)38(23(18)35-25)22-19(28)11-8-12-20(22)29/h6-12H,4-5,13-15H2,1-3H3,(H,33,34,35). The number of nitrogens with zero attached hydrogens (tertiary/aromatic N) is 5. The Morgan fingerprint density at radius 1 is 1.05 bits per heavy atom. The molecule has 2 amide bonds. The minimum atomic E-state index is -5.44. The maximum Gasteiger partial charge on any atom is 0.493 e. The number of aryl methyl sites for hydroxylation is 1. The van der Waals surface area contributed by atoms with E-state index in [2.05, 4.69) is 25.0 Å². The zero-order valence-electron chi connectivity index (χ0n) is 22.4. The number of carbonyl (C=O) groups is 2. The summed E-state index contributed by atoms with van der Waals surface area (Å²) in [6.07, 6.45) is -5.44. The fraction of sp³-hybridized carbons (Fsp3) is 0.333. The topological polar surface area (TPSA) is 90.9 Å². The van der Waals surface area contributed by atoms with Crippen molar-refractivity contribution in [3.05, 3.63) is 65.2 Å². The second kappa shape index (κ2) is 12.0. The highest BCUT2D eigenvalue weighted by Gasteiger charge is 2.46. The maximum absolute atomic E-state index is 15.0. The van der Waals surface area contributed by atoms with Crippen LogP contribution in [-0.4, -0.2) is 64.3 Å². The van der Waals surface area contributed by atoms with Gasteiger partial charge in [0.05, 0.1) is 12.2 Å². The number of hydrogen-bond acceptors (Lipinski definition) is 7. The van der Waals surface area contributed by atoms with Crippen molar-refractivity contribution in [1.82, 2.24) is 19.9 Å². The van der Waals surface area contributed by atoms with E-state index in [0.717, 1.165) is 31.3 Å². The smallest absolute Gasteiger partial charge is 0.353 e. The third-order valence-electron chi connectivity index (χ3n) is 6.49. The van der Waals surface area contributed by atoms with Gasteiger partial charge < -0.3 is 15.1 Å². The number of rotatable bonds is 9. The summed E-state index contributed by atoms with van der Waals surface area (Å²) in [4.78, 5) is 41.1. The number of likely N-dealkylation sites (N-methyl/N-ethyl adjacent to an activating group) is 1. The molecule has 218 valence electrons. The lowest BCUT2D eigenvalue weighted by Gasteiger charge is -2.35. The Bertz CT molecular complexity index is 1430. The second-order valence-electron chi connectivity index (χ2n) is 9.07. The molecule has 1 aromatic heterocycles. The van der Waals surface area contributed by atoms with Gasteiger partial charge in [0.25, 0.3) is 0 Å². The van der Waals surface area contributed by atoms with Crippen LogP contribution in [0, 0.1) is 18.6 Å². The maximum atomic E-state index is 15.0. The van der Waals surface area contributed by atoms with Gasteiger partial charge in [-0.3, -0.25) is 0 Å². The van der Waals surface area contributed by atoms with Crippen molar-refractivity contribution in [3.8, 4) is 11.3 Å². The SMILES string of the molecule is CCN(CC)CCNc1nc(-c2ccccc2C)c2c(n1)N(c1c(F)cccc1F)C(=O)N(OC(=O)C(F)(F)F)C2. The Morgan fingerprint density at radius 3 is 2.32 bits per heavy atom. The quantitative estimate of drug-likeness (QED) is 0.332. The summed E-state index contributed by atoms with van der Waals surface area (Å²) in [6.45, 7) is 7.62. The number of hydroxylamine groups is 2. The average Bonchev–Trinajstić information content (AvgIpc) is 2.92. The normalized spacial score (nSPS) is 13.4. The first kappa shape index (κ1) is 29.6. The number of para-hydroxylation sites is 1. The summed E-state index contributed by atoms with van der Waals surface area (Å²) in [5, 5.41) is 3.15. The molecule has 0 fully saturated rings. The average molecular weight is 579 g/mol. The number of urea groups is 1. The Morgan fingerprint density at radius 2 is 1.71 bits per heavy atom. The van der Waals surface area contributed by atoms with E-state index < -0.39 is 42.0 Å². The number of hydrogen-bond donors (Lipinski definition) is 1. The molecule has 2 aromatic carbocycles. The minimum Gasteiger partial charge on any atom is -0.353 e. The van der Waals surface area contributed by atoms with E-state index in [9.17, 15) is 22.8 Å². The minimum absolute atomic E-state index is 0.00539. The number of alkyl halides is 3.